The van der Waals surface area contributed by atoms with Crippen LogP contribution in [0.15, 0.2) is 28.7 Å². The van der Waals surface area contributed by atoms with Gasteiger partial charge in [-0.15, -0.1) is 0 Å². The molecule has 18 heavy (non-hydrogen) atoms. The summed E-state index contributed by atoms with van der Waals surface area (Å²) in [6.45, 7) is 11.2. The first-order chi connectivity index (χ1) is 8.39. The van der Waals surface area contributed by atoms with Crippen LogP contribution < -0.4 is 0 Å². The fraction of sp³-hybridized carbons (Fsp3) is 0.600. The van der Waals surface area contributed by atoms with Crippen molar-refractivity contribution in [2.75, 3.05) is 0 Å². The molecule has 0 N–H and O–H groups in total. The molecule has 0 fully saturated rings. The van der Waals surface area contributed by atoms with E-state index in [0.717, 1.165) is 4.47 Å². The summed E-state index contributed by atoms with van der Waals surface area (Å²) in [5.41, 5.74) is 1.08. The first-order valence-corrected chi connectivity index (χ1v) is 10.2. The zero-order chi connectivity index (χ0) is 13.8. The minimum absolute atomic E-state index is 0.186. The van der Waals surface area contributed by atoms with Crippen molar-refractivity contribution in [2.45, 2.75) is 58.4 Å². The van der Waals surface area contributed by atoms with Gasteiger partial charge in [-0.25, -0.2) is 0 Å². The molecular formula is C15H25BrOSi. The lowest BCUT2D eigenvalue weighted by Gasteiger charge is -2.38. The Kier molecular flexibility index (Phi) is 5.62. The molecule has 1 aromatic rings. The molecule has 0 aromatic heterocycles. The summed E-state index contributed by atoms with van der Waals surface area (Å²) in [4.78, 5) is 0. The largest absolute Gasteiger partial charge is 0.408 e. The highest BCUT2D eigenvalue weighted by Crippen LogP contribution is 2.34. The molecule has 0 spiro atoms. The Morgan fingerprint density at radius 2 is 1.44 bits per heavy atom. The van der Waals surface area contributed by atoms with Gasteiger partial charge in [0.1, 0.15) is 0 Å². The van der Waals surface area contributed by atoms with Gasteiger partial charge < -0.3 is 4.43 Å². The molecule has 0 heterocycles. The molecule has 0 unspecified atom stereocenters. The predicted octanol–water partition coefficient (Wildman–Crippen LogP) is 5.71. The molecule has 0 saturated heterocycles. The van der Waals surface area contributed by atoms with Crippen LogP contribution in [0.25, 0.3) is 0 Å². The zero-order valence-electron chi connectivity index (χ0n) is 12.2. The van der Waals surface area contributed by atoms with Crippen LogP contribution in [0, 0.1) is 0 Å². The summed E-state index contributed by atoms with van der Waals surface area (Å²) in [5.74, 6) is 0. The van der Waals surface area contributed by atoms with Crippen LogP contribution in [-0.2, 0) is 10.0 Å². The SMILES string of the molecule is CC[Si](CC)(CC)OC(C)(C)c1ccc(Br)cc1. The van der Waals surface area contributed by atoms with Crippen molar-refractivity contribution in [1.29, 1.82) is 0 Å². The molecule has 0 saturated carbocycles. The van der Waals surface area contributed by atoms with E-state index >= 15 is 0 Å². The standard InChI is InChI=1S/C15H25BrOSi/c1-6-18(7-2,8-3)17-15(4,5)13-9-11-14(16)12-10-13/h9-12H,6-8H2,1-5H3. The number of benzene rings is 1. The molecule has 0 aliphatic carbocycles. The lowest BCUT2D eigenvalue weighted by Crippen LogP contribution is -2.43. The molecule has 0 aliphatic rings. The molecule has 1 aromatic carbocycles. The zero-order valence-corrected chi connectivity index (χ0v) is 14.8. The minimum Gasteiger partial charge on any atom is -0.408 e. The highest BCUT2D eigenvalue weighted by molar-refractivity contribution is 9.10. The number of halogens is 1. The molecule has 0 aliphatic heterocycles. The lowest BCUT2D eigenvalue weighted by atomic mass is 9.99. The number of hydrogen-bond donors (Lipinski definition) is 0. The van der Waals surface area contributed by atoms with Crippen molar-refractivity contribution >= 4 is 24.2 Å². The van der Waals surface area contributed by atoms with Gasteiger partial charge in [-0.1, -0.05) is 48.8 Å². The summed E-state index contributed by atoms with van der Waals surface area (Å²) in [7, 11) is -1.56. The van der Waals surface area contributed by atoms with Crippen LogP contribution >= 0.6 is 15.9 Å². The maximum atomic E-state index is 6.62. The summed E-state index contributed by atoms with van der Waals surface area (Å²) in [5, 5.41) is 0. The van der Waals surface area contributed by atoms with E-state index in [1.807, 2.05) is 0 Å². The molecule has 1 nitrogen and oxygen atoms in total. The highest BCUT2D eigenvalue weighted by Gasteiger charge is 2.36. The molecule has 102 valence electrons. The fourth-order valence-corrected chi connectivity index (χ4v) is 5.82. The van der Waals surface area contributed by atoms with Gasteiger partial charge in [0.2, 0.25) is 0 Å². The Morgan fingerprint density at radius 3 is 1.83 bits per heavy atom. The fourth-order valence-electron chi connectivity index (χ4n) is 2.42. The number of hydrogen-bond acceptors (Lipinski definition) is 1. The first kappa shape index (κ1) is 15.9. The third-order valence-electron chi connectivity index (χ3n) is 3.94. The van der Waals surface area contributed by atoms with Crippen LogP contribution in [0.1, 0.15) is 40.2 Å². The van der Waals surface area contributed by atoms with Crippen LogP contribution in [0.4, 0.5) is 0 Å². The van der Waals surface area contributed by atoms with Crippen molar-refractivity contribution in [1.82, 2.24) is 0 Å². The molecular weight excluding hydrogens is 304 g/mol. The molecule has 0 bridgehead atoms. The summed E-state index contributed by atoms with van der Waals surface area (Å²) in [6, 6.07) is 12.1. The Bertz CT molecular complexity index is 360. The Hall–Kier alpha value is -0.123. The summed E-state index contributed by atoms with van der Waals surface area (Å²) >= 11 is 3.48. The second-order valence-corrected chi connectivity index (χ2v) is 11.0. The van der Waals surface area contributed by atoms with E-state index in [-0.39, 0.29) is 5.60 Å². The maximum Gasteiger partial charge on any atom is 0.193 e. The van der Waals surface area contributed by atoms with Crippen molar-refractivity contribution in [3.8, 4) is 0 Å². The monoisotopic (exact) mass is 328 g/mol. The lowest BCUT2D eigenvalue weighted by molar-refractivity contribution is 0.0940. The van der Waals surface area contributed by atoms with E-state index in [1.165, 1.54) is 23.7 Å². The third kappa shape index (κ3) is 3.69. The predicted molar refractivity (Wildman–Crippen MR) is 85.5 cm³/mol. The third-order valence-corrected chi connectivity index (χ3v) is 9.28. The van der Waals surface area contributed by atoms with Crippen molar-refractivity contribution in [3.63, 3.8) is 0 Å². The second-order valence-electron chi connectivity index (χ2n) is 5.36. The van der Waals surface area contributed by atoms with E-state index in [2.05, 4.69) is 74.8 Å². The van der Waals surface area contributed by atoms with Gasteiger partial charge in [-0.2, -0.15) is 0 Å². The van der Waals surface area contributed by atoms with Gasteiger partial charge in [-0.05, 0) is 49.7 Å². The molecule has 1 rings (SSSR count). The van der Waals surface area contributed by atoms with E-state index in [4.69, 9.17) is 4.43 Å². The van der Waals surface area contributed by atoms with Gasteiger partial charge >= 0.3 is 0 Å². The van der Waals surface area contributed by atoms with Crippen molar-refractivity contribution in [3.05, 3.63) is 34.3 Å². The highest BCUT2D eigenvalue weighted by atomic mass is 79.9. The Labute approximate surface area is 121 Å². The minimum atomic E-state index is -1.56. The van der Waals surface area contributed by atoms with Crippen LogP contribution in [-0.4, -0.2) is 8.32 Å². The average Bonchev–Trinajstić information content (AvgIpc) is 2.37. The average molecular weight is 329 g/mol. The Balaban J connectivity index is 2.96. The topological polar surface area (TPSA) is 9.23 Å². The van der Waals surface area contributed by atoms with Gasteiger partial charge in [0.05, 0.1) is 5.60 Å². The second kappa shape index (κ2) is 6.35. The first-order valence-electron chi connectivity index (χ1n) is 6.85. The molecule has 0 radical (unpaired) electrons. The van der Waals surface area contributed by atoms with E-state index in [1.54, 1.807) is 0 Å². The number of rotatable bonds is 6. The van der Waals surface area contributed by atoms with Crippen LogP contribution in [0.5, 0.6) is 0 Å². The molecule has 0 atom stereocenters. The van der Waals surface area contributed by atoms with Crippen molar-refractivity contribution < 1.29 is 4.43 Å². The van der Waals surface area contributed by atoms with Crippen LogP contribution in [0.3, 0.4) is 0 Å². The van der Waals surface area contributed by atoms with E-state index in [9.17, 15) is 0 Å². The van der Waals surface area contributed by atoms with Crippen LogP contribution in [0.2, 0.25) is 18.1 Å². The summed E-state index contributed by atoms with van der Waals surface area (Å²) in [6.07, 6.45) is 0. The van der Waals surface area contributed by atoms with Gasteiger partial charge in [0.25, 0.3) is 0 Å². The molecule has 3 heteroatoms. The van der Waals surface area contributed by atoms with E-state index in [0.29, 0.717) is 0 Å². The Morgan fingerprint density at radius 1 is 1.00 bits per heavy atom. The smallest absolute Gasteiger partial charge is 0.193 e. The molecule has 0 amide bonds. The van der Waals surface area contributed by atoms with Crippen molar-refractivity contribution in [2.24, 2.45) is 0 Å². The maximum absolute atomic E-state index is 6.62. The van der Waals surface area contributed by atoms with Gasteiger partial charge in [0.15, 0.2) is 8.32 Å². The van der Waals surface area contributed by atoms with Gasteiger partial charge in [0, 0.05) is 4.47 Å². The van der Waals surface area contributed by atoms with E-state index < -0.39 is 8.32 Å². The normalized spacial score (nSPS) is 12.8. The quantitative estimate of drug-likeness (QED) is 0.608. The summed E-state index contributed by atoms with van der Waals surface area (Å²) < 4.78 is 7.74. The van der Waals surface area contributed by atoms with Gasteiger partial charge in [-0.3, -0.25) is 0 Å².